The summed E-state index contributed by atoms with van der Waals surface area (Å²) in [5.74, 6) is -2.33. The molecule has 0 spiro atoms. The summed E-state index contributed by atoms with van der Waals surface area (Å²) in [6.07, 6.45) is 1.46. The molecule has 33 heavy (non-hydrogen) atoms. The summed E-state index contributed by atoms with van der Waals surface area (Å²) >= 11 is 0. The number of aromatic nitrogens is 2. The van der Waals surface area contributed by atoms with Crippen LogP contribution in [0.5, 0.6) is 0 Å². The van der Waals surface area contributed by atoms with E-state index in [9.17, 15) is 24.0 Å². The van der Waals surface area contributed by atoms with Gasteiger partial charge >= 0.3 is 11.7 Å². The third-order valence-corrected chi connectivity index (χ3v) is 5.49. The van der Waals surface area contributed by atoms with Gasteiger partial charge in [0.2, 0.25) is 5.91 Å². The number of unbranched alkanes of at least 4 members (excludes halogenated alkanes) is 1. The number of nitrogens with two attached hydrogens (primary N) is 1. The van der Waals surface area contributed by atoms with E-state index in [1.54, 1.807) is 4.90 Å². The highest BCUT2D eigenvalue weighted by molar-refractivity contribution is 5.97. The number of amides is 2. The predicted molar refractivity (Wildman–Crippen MR) is 121 cm³/mol. The molecule has 1 aromatic rings. The molecule has 2 rings (SSSR count). The molecule has 1 saturated heterocycles. The minimum Gasteiger partial charge on any atom is -0.455 e. The van der Waals surface area contributed by atoms with Gasteiger partial charge < -0.3 is 20.1 Å². The van der Waals surface area contributed by atoms with Crippen molar-refractivity contribution in [3.8, 4) is 0 Å². The zero-order valence-corrected chi connectivity index (χ0v) is 19.6. The Labute approximate surface area is 191 Å². The van der Waals surface area contributed by atoms with Gasteiger partial charge in [-0.05, 0) is 20.3 Å². The molecule has 12 heteroatoms. The first-order valence-corrected chi connectivity index (χ1v) is 11.0. The number of aromatic amines is 1. The lowest BCUT2D eigenvalue weighted by Crippen LogP contribution is -2.44. The highest BCUT2D eigenvalue weighted by Crippen LogP contribution is 2.22. The number of nitrogen functional groups attached to an aromatic ring is 1. The van der Waals surface area contributed by atoms with Crippen LogP contribution in [-0.2, 0) is 30.4 Å². The van der Waals surface area contributed by atoms with Gasteiger partial charge in [0.15, 0.2) is 12.3 Å². The van der Waals surface area contributed by atoms with Crippen LogP contribution in [0, 0.1) is 5.92 Å². The van der Waals surface area contributed by atoms with E-state index in [1.807, 2.05) is 20.8 Å². The molecule has 0 bridgehead atoms. The Morgan fingerprint density at radius 3 is 2.55 bits per heavy atom. The largest absolute Gasteiger partial charge is 0.455 e. The number of carbonyl (C=O) groups is 3. The third kappa shape index (κ3) is 6.21. The van der Waals surface area contributed by atoms with Crippen LogP contribution < -0.4 is 21.9 Å². The molecule has 1 aliphatic heterocycles. The Morgan fingerprint density at radius 2 is 1.97 bits per heavy atom. The van der Waals surface area contributed by atoms with Gasteiger partial charge in [-0.25, -0.2) is 4.79 Å². The number of rotatable bonds is 11. The van der Waals surface area contributed by atoms with Crippen LogP contribution in [0.25, 0.3) is 0 Å². The number of methoxy groups -OCH3 is 1. The summed E-state index contributed by atoms with van der Waals surface area (Å²) in [5, 5.41) is 0. The molecule has 0 aliphatic carbocycles. The molecule has 0 aromatic carbocycles. The monoisotopic (exact) mass is 467 g/mol. The zero-order valence-electron chi connectivity index (χ0n) is 19.6. The van der Waals surface area contributed by atoms with Gasteiger partial charge in [0.05, 0.1) is 12.5 Å². The fourth-order valence-electron chi connectivity index (χ4n) is 3.64. The van der Waals surface area contributed by atoms with E-state index in [4.69, 9.17) is 15.2 Å². The van der Waals surface area contributed by atoms with E-state index in [2.05, 4.69) is 4.98 Å². The summed E-state index contributed by atoms with van der Waals surface area (Å²) in [6.45, 7) is 5.52. The van der Waals surface area contributed by atoms with Crippen LogP contribution in [0.2, 0.25) is 0 Å². The maximum Gasteiger partial charge on any atom is 0.330 e. The second kappa shape index (κ2) is 11.6. The number of H-pyrrole nitrogens is 1. The fourth-order valence-corrected chi connectivity index (χ4v) is 3.64. The lowest BCUT2D eigenvalue weighted by atomic mass is 10.1. The molecule has 12 nitrogen and oxygen atoms in total. The number of ether oxygens (including phenoxy) is 2. The second-order valence-corrected chi connectivity index (χ2v) is 8.19. The predicted octanol–water partition coefficient (Wildman–Crippen LogP) is -0.302. The molecule has 0 saturated carbocycles. The van der Waals surface area contributed by atoms with Crippen LogP contribution in [-0.4, -0.2) is 71.7 Å². The topological polar surface area (TPSA) is 157 Å². The lowest BCUT2D eigenvalue weighted by molar-refractivity contribution is -0.151. The molecule has 2 heterocycles. The van der Waals surface area contributed by atoms with E-state index in [-0.39, 0.29) is 56.1 Å². The normalized spacial score (nSPS) is 15.8. The summed E-state index contributed by atoms with van der Waals surface area (Å²) in [6, 6.07) is -0.0421. The first-order valence-electron chi connectivity index (χ1n) is 11.0. The van der Waals surface area contributed by atoms with Gasteiger partial charge in [0, 0.05) is 39.2 Å². The number of hydrogen-bond donors (Lipinski definition) is 2. The van der Waals surface area contributed by atoms with Crippen LogP contribution >= 0.6 is 0 Å². The van der Waals surface area contributed by atoms with Crippen molar-refractivity contribution in [2.45, 2.75) is 52.6 Å². The second-order valence-electron chi connectivity index (χ2n) is 8.19. The minimum atomic E-state index is -0.824. The summed E-state index contributed by atoms with van der Waals surface area (Å²) in [5.41, 5.74) is 4.42. The number of nitrogens with zero attached hydrogens (tertiary/aromatic N) is 3. The first kappa shape index (κ1) is 26.1. The molecule has 2 amide bonds. The van der Waals surface area contributed by atoms with E-state index in [0.29, 0.717) is 6.42 Å². The number of hydrogen-bond acceptors (Lipinski definition) is 8. The number of esters is 1. The molecule has 184 valence electrons. The Balaban J connectivity index is 2.21. The van der Waals surface area contributed by atoms with E-state index < -0.39 is 35.7 Å². The number of likely N-dealkylation sites (tertiary alicyclic amines) is 1. The van der Waals surface area contributed by atoms with Crippen molar-refractivity contribution >= 4 is 29.3 Å². The molecule has 1 unspecified atom stereocenters. The maximum absolute atomic E-state index is 12.9. The zero-order chi connectivity index (χ0) is 24.7. The Hall–Kier alpha value is -3.15. The standard InChI is InChI=1S/C21H33N5O7/c1-5-6-7-25-18(22)17(19(29)23-21(25)31)24(8-9-32-4)16(28)12-33-20(30)14-10-15(27)26(11-14)13(2)3/h13-14H,5-12,22H2,1-4H3,(H,23,29,31). The van der Waals surface area contributed by atoms with Crippen molar-refractivity contribution in [2.24, 2.45) is 5.92 Å². The van der Waals surface area contributed by atoms with E-state index in [1.165, 1.54) is 11.7 Å². The third-order valence-electron chi connectivity index (χ3n) is 5.49. The first-order chi connectivity index (χ1) is 15.6. The quantitative estimate of drug-likeness (QED) is 0.420. The maximum atomic E-state index is 12.9. The van der Waals surface area contributed by atoms with Crippen molar-refractivity contribution < 1.29 is 23.9 Å². The number of anilines is 2. The molecule has 3 N–H and O–H groups in total. The average Bonchev–Trinajstić information content (AvgIpc) is 3.15. The van der Waals surface area contributed by atoms with Crippen LogP contribution in [0.15, 0.2) is 9.59 Å². The number of nitrogens with one attached hydrogen (secondary N) is 1. The van der Waals surface area contributed by atoms with Crippen LogP contribution in [0.4, 0.5) is 11.5 Å². The molecule has 1 aromatic heterocycles. The van der Waals surface area contributed by atoms with E-state index >= 15 is 0 Å². The Kier molecular flexibility index (Phi) is 9.21. The fraction of sp³-hybridized carbons (Fsp3) is 0.667. The van der Waals surface area contributed by atoms with Crippen molar-refractivity contribution in [1.29, 1.82) is 0 Å². The number of carbonyl (C=O) groups excluding carboxylic acids is 3. The van der Waals surface area contributed by atoms with Crippen LogP contribution in [0.3, 0.4) is 0 Å². The van der Waals surface area contributed by atoms with Crippen molar-refractivity contribution in [3.05, 3.63) is 20.8 Å². The van der Waals surface area contributed by atoms with Gasteiger partial charge in [-0.1, -0.05) is 13.3 Å². The SMILES string of the molecule is CCCCn1c(N)c(N(CCOC)C(=O)COC(=O)C2CC(=O)N(C(C)C)C2)c(=O)[nH]c1=O. The van der Waals surface area contributed by atoms with Gasteiger partial charge in [-0.3, -0.25) is 33.6 Å². The van der Waals surface area contributed by atoms with Crippen molar-refractivity contribution in [3.63, 3.8) is 0 Å². The molecule has 0 radical (unpaired) electrons. The Bertz CT molecular complexity index is 984. The minimum absolute atomic E-state index is 0.0214. The highest BCUT2D eigenvalue weighted by Gasteiger charge is 2.37. The van der Waals surface area contributed by atoms with Gasteiger partial charge in [-0.2, -0.15) is 0 Å². The molecular formula is C21H33N5O7. The summed E-state index contributed by atoms with van der Waals surface area (Å²) < 4.78 is 11.4. The molecule has 1 aliphatic rings. The lowest BCUT2D eigenvalue weighted by Gasteiger charge is -2.24. The molecule has 1 fully saturated rings. The highest BCUT2D eigenvalue weighted by atomic mass is 16.5. The Morgan fingerprint density at radius 1 is 1.27 bits per heavy atom. The van der Waals surface area contributed by atoms with Gasteiger partial charge in [-0.15, -0.1) is 0 Å². The molecule has 1 atom stereocenters. The van der Waals surface area contributed by atoms with Gasteiger partial charge in [0.1, 0.15) is 5.82 Å². The summed E-state index contributed by atoms with van der Waals surface area (Å²) in [7, 11) is 1.43. The van der Waals surface area contributed by atoms with Gasteiger partial charge in [0.25, 0.3) is 11.5 Å². The van der Waals surface area contributed by atoms with E-state index in [0.717, 1.165) is 11.3 Å². The smallest absolute Gasteiger partial charge is 0.330 e. The van der Waals surface area contributed by atoms with Crippen LogP contribution in [0.1, 0.15) is 40.0 Å². The average molecular weight is 468 g/mol. The molecular weight excluding hydrogens is 434 g/mol. The van der Waals surface area contributed by atoms with Crippen molar-refractivity contribution in [2.75, 3.05) is 44.0 Å². The van der Waals surface area contributed by atoms with Crippen molar-refractivity contribution in [1.82, 2.24) is 14.5 Å². The summed E-state index contributed by atoms with van der Waals surface area (Å²) in [4.78, 5) is 67.0.